The number of carbonyl (C=O) groups is 3. The van der Waals surface area contributed by atoms with Crippen molar-refractivity contribution in [1.29, 1.82) is 0 Å². The van der Waals surface area contributed by atoms with Crippen LogP contribution in [0.25, 0.3) is 10.9 Å². The Labute approximate surface area is 325 Å². The van der Waals surface area contributed by atoms with E-state index >= 15 is 0 Å². The molecule has 4 atom stereocenters. The van der Waals surface area contributed by atoms with E-state index in [0.29, 0.717) is 48.3 Å². The Morgan fingerprint density at radius 1 is 1.02 bits per heavy atom. The molecule has 2 aliphatic heterocycles. The molecule has 3 amide bonds. The number of fused-ring (bicyclic) bond motifs is 1. The van der Waals surface area contributed by atoms with Gasteiger partial charge in [0.05, 0.1) is 29.3 Å². The quantitative estimate of drug-likeness (QED) is 0.155. The monoisotopic (exact) mass is 766 g/mol. The Hall–Kier alpha value is -5.04. The van der Waals surface area contributed by atoms with E-state index in [0.717, 1.165) is 56.1 Å². The second-order valence-corrected chi connectivity index (χ2v) is 16.3. The smallest absolute Gasteiger partial charge is 0.274 e. The third-order valence-corrected chi connectivity index (χ3v) is 11.8. The summed E-state index contributed by atoms with van der Waals surface area (Å²) in [7, 11) is 0. The van der Waals surface area contributed by atoms with Crippen LogP contribution in [0.4, 0.5) is 10.1 Å². The molecule has 12 nitrogen and oxygen atoms in total. The van der Waals surface area contributed by atoms with Crippen molar-refractivity contribution in [3.05, 3.63) is 82.4 Å². The number of amides is 3. The van der Waals surface area contributed by atoms with E-state index in [4.69, 9.17) is 14.6 Å². The Bertz CT molecular complexity index is 2140. The lowest BCUT2D eigenvalue weighted by molar-refractivity contribution is -0.138. The molecule has 4 aliphatic rings. The molecule has 2 saturated carbocycles. The second-order valence-electron chi connectivity index (χ2n) is 16.3. The van der Waals surface area contributed by atoms with Crippen LogP contribution < -0.4 is 25.7 Å². The van der Waals surface area contributed by atoms with Crippen LogP contribution in [-0.2, 0) is 16.0 Å². The molecule has 56 heavy (non-hydrogen) atoms. The number of imide groups is 1. The fourth-order valence-electron chi connectivity index (χ4n) is 8.67. The maximum atomic E-state index is 13.7. The highest BCUT2D eigenvalue weighted by Crippen LogP contribution is 2.38. The summed E-state index contributed by atoms with van der Waals surface area (Å²) in [4.78, 5) is 53.0. The fraction of sp³-hybridized carbons (Fsp3) is 0.512. The molecule has 2 aromatic heterocycles. The van der Waals surface area contributed by atoms with Gasteiger partial charge in [-0.15, -0.1) is 0 Å². The van der Waals surface area contributed by atoms with Crippen LogP contribution in [0.3, 0.4) is 0 Å². The van der Waals surface area contributed by atoms with Crippen molar-refractivity contribution in [3.63, 3.8) is 0 Å². The number of rotatable bonds is 12. The van der Waals surface area contributed by atoms with Crippen LogP contribution in [0.5, 0.6) is 11.5 Å². The number of piperidine rings is 2. The van der Waals surface area contributed by atoms with E-state index in [1.807, 2.05) is 38.2 Å². The van der Waals surface area contributed by atoms with E-state index in [1.54, 1.807) is 18.3 Å². The van der Waals surface area contributed by atoms with E-state index in [2.05, 4.69) is 32.3 Å². The Balaban J connectivity index is 0.885. The number of benzene rings is 2. The molecule has 2 aliphatic carbocycles. The lowest BCUT2D eigenvalue weighted by Crippen LogP contribution is -2.46. The average molecular weight is 767 g/mol. The molecular formula is C43H51FN6O6. The number of alkyl halides is 1. The van der Waals surface area contributed by atoms with Crippen molar-refractivity contribution in [2.24, 2.45) is 5.92 Å². The average Bonchev–Trinajstić information content (AvgIpc) is 3.76. The zero-order chi connectivity index (χ0) is 38.9. The van der Waals surface area contributed by atoms with E-state index < -0.39 is 29.8 Å². The first-order valence-electron chi connectivity index (χ1n) is 20.3. The number of ether oxygens (including phenoxy) is 2. The van der Waals surface area contributed by atoms with Gasteiger partial charge in [-0.2, -0.15) is 5.10 Å². The number of hydrogen-bond acceptors (Lipinski definition) is 8. The lowest BCUT2D eigenvalue weighted by atomic mass is 9.84. The van der Waals surface area contributed by atoms with Crippen LogP contribution in [0, 0.1) is 5.92 Å². The van der Waals surface area contributed by atoms with Crippen molar-refractivity contribution >= 4 is 34.3 Å². The summed E-state index contributed by atoms with van der Waals surface area (Å²) in [6.07, 6.45) is 11.6. The Morgan fingerprint density at radius 3 is 2.54 bits per heavy atom. The number of nitrogens with zero attached hydrogens (tertiary/aromatic N) is 4. The van der Waals surface area contributed by atoms with E-state index in [1.165, 1.54) is 35.5 Å². The summed E-state index contributed by atoms with van der Waals surface area (Å²) < 4.78 is 29.1. The number of halogens is 1. The molecule has 8 rings (SSSR count). The Kier molecular flexibility index (Phi) is 11.0. The van der Waals surface area contributed by atoms with Gasteiger partial charge in [-0.25, -0.2) is 4.39 Å². The molecule has 2 N–H and O–H groups in total. The van der Waals surface area contributed by atoms with Gasteiger partial charge in [0, 0.05) is 55.7 Å². The zero-order valence-electron chi connectivity index (χ0n) is 32.1. The number of likely N-dealkylation sites (tertiary alicyclic amines) is 1. The lowest BCUT2D eigenvalue weighted by Gasteiger charge is -2.40. The maximum Gasteiger partial charge on any atom is 0.274 e. The van der Waals surface area contributed by atoms with Gasteiger partial charge in [0.25, 0.3) is 17.4 Å². The standard InChI is InChI=1S/C43H51FN6O6/c1-26(2)55-39-23-36-29(21-33(39)41(52)45-35-7-5-19-49(43(35)54)37-22-34(37)44)25-50(47-36)30-12-8-28(9-13-30)24-48-18-4-3-6-31(48)20-27-10-14-32(15-11-27)56-38-16-17-40(51)46-42(38)53/h5,7,10-11,14-15,19,21,23,25-26,28,30-31,34,37-38H,3-4,6,8-9,12-13,16-18,20,22,24H2,1-2H3,(H,45,52)(H,46,51,53)/t28?,30?,31?,34-,37+,38?/m1/s1. The van der Waals surface area contributed by atoms with Crippen molar-refractivity contribution in [1.82, 2.24) is 24.6 Å². The van der Waals surface area contributed by atoms with Crippen LogP contribution in [0.2, 0.25) is 0 Å². The van der Waals surface area contributed by atoms with E-state index in [-0.39, 0.29) is 29.6 Å². The SMILES string of the molecule is CC(C)Oc1cc2nn(C3CCC(CN4CCCCC4Cc4ccc(OC5CCC(=O)NC5=O)cc4)CC3)cc2cc1C(=O)Nc1cccn([C@H]2C[C@H]2F)c1=O. The molecule has 2 saturated heterocycles. The number of nitrogens with one attached hydrogen (secondary N) is 2. The van der Waals surface area contributed by atoms with Gasteiger partial charge in [0.15, 0.2) is 6.10 Å². The van der Waals surface area contributed by atoms with Crippen LogP contribution >= 0.6 is 0 Å². The molecule has 0 spiro atoms. The summed E-state index contributed by atoms with van der Waals surface area (Å²) in [5.41, 5.74) is 1.98. The number of hydrogen-bond donors (Lipinski definition) is 2. The van der Waals surface area contributed by atoms with E-state index in [9.17, 15) is 23.6 Å². The number of pyridine rings is 1. The zero-order valence-corrected chi connectivity index (χ0v) is 32.1. The molecule has 13 heteroatoms. The third-order valence-electron chi connectivity index (χ3n) is 11.8. The minimum Gasteiger partial charge on any atom is -0.490 e. The summed E-state index contributed by atoms with van der Waals surface area (Å²) in [5.74, 6) is 0.563. The molecule has 2 unspecified atom stereocenters. The minimum absolute atomic E-state index is 0.100. The summed E-state index contributed by atoms with van der Waals surface area (Å²) in [5, 5.41) is 10.9. The van der Waals surface area contributed by atoms with Gasteiger partial charge in [0.1, 0.15) is 23.4 Å². The number of aromatic nitrogens is 3. The highest BCUT2D eigenvalue weighted by molar-refractivity contribution is 6.08. The summed E-state index contributed by atoms with van der Waals surface area (Å²) >= 11 is 0. The third kappa shape index (κ3) is 8.52. The van der Waals surface area contributed by atoms with Gasteiger partial charge in [0.2, 0.25) is 5.91 Å². The van der Waals surface area contributed by atoms with Crippen molar-refractivity contribution in [2.75, 3.05) is 18.4 Å². The molecule has 4 fully saturated rings. The summed E-state index contributed by atoms with van der Waals surface area (Å²) in [6, 6.07) is 15.1. The topological polar surface area (TPSA) is 137 Å². The predicted octanol–water partition coefficient (Wildman–Crippen LogP) is 6.53. The van der Waals surface area contributed by atoms with Crippen molar-refractivity contribution < 1.29 is 28.2 Å². The second kappa shape index (κ2) is 16.2. The van der Waals surface area contributed by atoms with Gasteiger partial charge >= 0.3 is 0 Å². The van der Waals surface area contributed by atoms with Crippen LogP contribution in [-0.4, -0.2) is 74.5 Å². The molecule has 4 aromatic rings. The first kappa shape index (κ1) is 37.9. The van der Waals surface area contributed by atoms with Gasteiger partial charge in [-0.3, -0.25) is 34.1 Å². The molecule has 0 radical (unpaired) electrons. The first-order chi connectivity index (χ1) is 27.1. The summed E-state index contributed by atoms with van der Waals surface area (Å²) in [6.45, 7) is 6.00. The molecule has 0 bridgehead atoms. The molecule has 296 valence electrons. The first-order valence-corrected chi connectivity index (χ1v) is 20.3. The number of carbonyl (C=O) groups excluding carboxylic acids is 3. The van der Waals surface area contributed by atoms with Gasteiger partial charge in [-0.1, -0.05) is 18.6 Å². The van der Waals surface area contributed by atoms with Crippen LogP contribution in [0.1, 0.15) is 106 Å². The Morgan fingerprint density at radius 2 is 1.80 bits per heavy atom. The normalized spacial score (nSPS) is 25.6. The molecule has 4 heterocycles. The predicted molar refractivity (Wildman–Crippen MR) is 210 cm³/mol. The maximum absolute atomic E-state index is 13.7. The fourth-order valence-corrected chi connectivity index (χ4v) is 8.67. The molecule has 2 aromatic carbocycles. The number of anilines is 1. The highest BCUT2D eigenvalue weighted by Gasteiger charge is 2.40. The van der Waals surface area contributed by atoms with Crippen molar-refractivity contribution in [2.45, 2.75) is 121 Å². The highest BCUT2D eigenvalue weighted by atomic mass is 19.1. The largest absolute Gasteiger partial charge is 0.490 e. The van der Waals surface area contributed by atoms with Gasteiger partial charge in [-0.05, 0) is 107 Å². The minimum atomic E-state index is -1.04. The van der Waals surface area contributed by atoms with Gasteiger partial charge < -0.3 is 19.4 Å². The van der Waals surface area contributed by atoms with Crippen LogP contribution in [0.15, 0.2) is 65.7 Å². The van der Waals surface area contributed by atoms with Crippen molar-refractivity contribution in [3.8, 4) is 11.5 Å². The molecular weight excluding hydrogens is 716 g/mol.